The third-order valence-electron chi connectivity index (χ3n) is 1.69. The summed E-state index contributed by atoms with van der Waals surface area (Å²) in [7, 11) is 0. The van der Waals surface area contributed by atoms with E-state index < -0.39 is 0 Å². The third-order valence-corrected chi connectivity index (χ3v) is 1.69. The van der Waals surface area contributed by atoms with Gasteiger partial charge in [-0.1, -0.05) is 0 Å². The van der Waals surface area contributed by atoms with Gasteiger partial charge in [-0.25, -0.2) is 0 Å². The molecule has 0 aromatic carbocycles. The number of nitrogens with zero attached hydrogens (tertiary/aromatic N) is 1. The van der Waals surface area contributed by atoms with Crippen molar-refractivity contribution >= 4 is 0 Å². The van der Waals surface area contributed by atoms with Gasteiger partial charge in [0.05, 0.1) is 12.7 Å². The Hall–Kier alpha value is -0.120. The lowest BCUT2D eigenvalue weighted by atomic mass is 10.2. The standard InChI is InChI=1S/C7H15NO2/c1-2-10-4-3-8-5-7(9)6-8/h7,9H,2-6H2,1H3. The van der Waals surface area contributed by atoms with Crippen LogP contribution in [0.4, 0.5) is 0 Å². The molecule has 3 heteroatoms. The second-order valence-electron chi connectivity index (χ2n) is 2.61. The minimum absolute atomic E-state index is 0.0818. The van der Waals surface area contributed by atoms with Crippen LogP contribution in [-0.4, -0.2) is 49.0 Å². The highest BCUT2D eigenvalue weighted by Crippen LogP contribution is 2.05. The molecular formula is C7H15NO2. The normalized spacial score (nSPS) is 21.0. The SMILES string of the molecule is CCOCCN1CC(O)C1. The van der Waals surface area contributed by atoms with E-state index in [9.17, 15) is 0 Å². The van der Waals surface area contributed by atoms with Crippen LogP contribution in [0.2, 0.25) is 0 Å². The van der Waals surface area contributed by atoms with E-state index >= 15 is 0 Å². The maximum Gasteiger partial charge on any atom is 0.0793 e. The second-order valence-corrected chi connectivity index (χ2v) is 2.61. The van der Waals surface area contributed by atoms with Crippen LogP contribution in [0.5, 0.6) is 0 Å². The summed E-state index contributed by atoms with van der Waals surface area (Å²) in [6.45, 7) is 6.19. The fraction of sp³-hybridized carbons (Fsp3) is 1.00. The molecule has 0 amide bonds. The maximum absolute atomic E-state index is 8.89. The van der Waals surface area contributed by atoms with Crippen molar-refractivity contribution < 1.29 is 9.84 Å². The molecule has 3 nitrogen and oxygen atoms in total. The largest absolute Gasteiger partial charge is 0.390 e. The zero-order valence-corrected chi connectivity index (χ0v) is 6.42. The Morgan fingerprint density at radius 3 is 2.80 bits per heavy atom. The lowest BCUT2D eigenvalue weighted by Crippen LogP contribution is -2.51. The molecule has 0 saturated carbocycles. The highest BCUT2D eigenvalue weighted by molar-refractivity contribution is 4.77. The van der Waals surface area contributed by atoms with Crippen molar-refractivity contribution in [3.05, 3.63) is 0 Å². The second kappa shape index (κ2) is 3.91. The molecule has 1 aliphatic rings. The van der Waals surface area contributed by atoms with Gasteiger partial charge in [0.15, 0.2) is 0 Å². The van der Waals surface area contributed by atoms with Crippen molar-refractivity contribution in [2.75, 3.05) is 32.8 Å². The number of ether oxygens (including phenoxy) is 1. The smallest absolute Gasteiger partial charge is 0.0793 e. The Bertz CT molecular complexity index is 91.6. The van der Waals surface area contributed by atoms with E-state index in [4.69, 9.17) is 9.84 Å². The molecule has 10 heavy (non-hydrogen) atoms. The quantitative estimate of drug-likeness (QED) is 0.551. The summed E-state index contributed by atoms with van der Waals surface area (Å²) in [4.78, 5) is 2.18. The summed E-state index contributed by atoms with van der Waals surface area (Å²) in [5.74, 6) is 0. The molecule has 0 unspecified atom stereocenters. The Labute approximate surface area is 61.6 Å². The highest BCUT2D eigenvalue weighted by Gasteiger charge is 2.22. The van der Waals surface area contributed by atoms with E-state index in [0.29, 0.717) is 0 Å². The summed E-state index contributed by atoms with van der Waals surface area (Å²) in [5, 5.41) is 8.89. The number of hydrogen-bond donors (Lipinski definition) is 1. The number of β-amino-alcohol motifs (C(OH)–C–C–N with tert-alkyl or cyclic N) is 1. The van der Waals surface area contributed by atoms with Gasteiger partial charge in [-0.05, 0) is 6.92 Å². The van der Waals surface area contributed by atoms with E-state index in [1.807, 2.05) is 6.92 Å². The predicted octanol–water partition coefficient (Wildman–Crippen LogP) is -0.301. The summed E-state index contributed by atoms with van der Waals surface area (Å²) >= 11 is 0. The monoisotopic (exact) mass is 145 g/mol. The van der Waals surface area contributed by atoms with Crippen LogP contribution in [0.15, 0.2) is 0 Å². The Morgan fingerprint density at radius 2 is 2.30 bits per heavy atom. The number of likely N-dealkylation sites (tertiary alicyclic amines) is 1. The molecule has 60 valence electrons. The number of aliphatic hydroxyl groups excluding tert-OH is 1. The van der Waals surface area contributed by atoms with Crippen molar-refractivity contribution in [3.8, 4) is 0 Å². The van der Waals surface area contributed by atoms with Crippen molar-refractivity contribution in [1.29, 1.82) is 0 Å². The lowest BCUT2D eigenvalue weighted by Gasteiger charge is -2.35. The molecule has 1 fully saturated rings. The molecule has 0 spiro atoms. The molecule has 1 saturated heterocycles. The Morgan fingerprint density at radius 1 is 1.60 bits per heavy atom. The topological polar surface area (TPSA) is 32.7 Å². The van der Waals surface area contributed by atoms with Gasteiger partial charge in [0, 0.05) is 26.2 Å². The molecule has 1 aliphatic heterocycles. The van der Waals surface area contributed by atoms with Crippen molar-refractivity contribution in [1.82, 2.24) is 4.90 Å². The zero-order valence-electron chi connectivity index (χ0n) is 6.42. The first-order valence-electron chi connectivity index (χ1n) is 3.81. The molecule has 0 aromatic heterocycles. The predicted molar refractivity (Wildman–Crippen MR) is 38.9 cm³/mol. The van der Waals surface area contributed by atoms with Gasteiger partial charge in [-0.3, -0.25) is 4.90 Å². The number of rotatable bonds is 4. The van der Waals surface area contributed by atoms with E-state index in [2.05, 4.69) is 4.90 Å². The summed E-state index contributed by atoms with van der Waals surface area (Å²) in [5.41, 5.74) is 0. The van der Waals surface area contributed by atoms with Gasteiger partial charge in [0.1, 0.15) is 0 Å². The average Bonchev–Trinajstić information content (AvgIpc) is 1.85. The minimum Gasteiger partial charge on any atom is -0.390 e. The van der Waals surface area contributed by atoms with E-state index in [-0.39, 0.29) is 6.10 Å². The molecule has 0 radical (unpaired) electrons. The first-order valence-corrected chi connectivity index (χ1v) is 3.81. The van der Waals surface area contributed by atoms with Crippen LogP contribution >= 0.6 is 0 Å². The van der Waals surface area contributed by atoms with E-state index in [0.717, 1.165) is 32.8 Å². The van der Waals surface area contributed by atoms with Gasteiger partial charge >= 0.3 is 0 Å². The van der Waals surface area contributed by atoms with Gasteiger partial charge in [0.2, 0.25) is 0 Å². The third kappa shape index (κ3) is 2.25. The van der Waals surface area contributed by atoms with Crippen LogP contribution in [0.25, 0.3) is 0 Å². The Kier molecular flexibility index (Phi) is 3.12. The molecule has 0 atom stereocenters. The molecule has 1 rings (SSSR count). The summed E-state index contributed by atoms with van der Waals surface area (Å²) in [6.07, 6.45) is -0.0818. The summed E-state index contributed by atoms with van der Waals surface area (Å²) in [6, 6.07) is 0. The van der Waals surface area contributed by atoms with E-state index in [1.165, 1.54) is 0 Å². The van der Waals surface area contributed by atoms with Gasteiger partial charge in [-0.2, -0.15) is 0 Å². The summed E-state index contributed by atoms with van der Waals surface area (Å²) < 4.78 is 5.15. The molecular weight excluding hydrogens is 130 g/mol. The molecule has 1 N–H and O–H groups in total. The molecule has 1 heterocycles. The van der Waals surface area contributed by atoms with Crippen LogP contribution in [0.1, 0.15) is 6.92 Å². The van der Waals surface area contributed by atoms with E-state index in [1.54, 1.807) is 0 Å². The average molecular weight is 145 g/mol. The van der Waals surface area contributed by atoms with Crippen LogP contribution in [0.3, 0.4) is 0 Å². The van der Waals surface area contributed by atoms with Crippen molar-refractivity contribution in [3.63, 3.8) is 0 Å². The van der Waals surface area contributed by atoms with Gasteiger partial charge in [-0.15, -0.1) is 0 Å². The minimum atomic E-state index is -0.0818. The zero-order chi connectivity index (χ0) is 7.40. The van der Waals surface area contributed by atoms with Crippen molar-refractivity contribution in [2.45, 2.75) is 13.0 Å². The highest BCUT2D eigenvalue weighted by atomic mass is 16.5. The fourth-order valence-electron chi connectivity index (χ4n) is 1.06. The molecule has 0 bridgehead atoms. The Balaban J connectivity index is 1.86. The van der Waals surface area contributed by atoms with Crippen LogP contribution in [-0.2, 0) is 4.74 Å². The lowest BCUT2D eigenvalue weighted by molar-refractivity contribution is -0.0133. The number of hydrogen-bond acceptors (Lipinski definition) is 3. The van der Waals surface area contributed by atoms with Crippen LogP contribution < -0.4 is 0 Å². The first kappa shape index (κ1) is 7.98. The van der Waals surface area contributed by atoms with Crippen molar-refractivity contribution in [2.24, 2.45) is 0 Å². The van der Waals surface area contributed by atoms with Gasteiger partial charge < -0.3 is 9.84 Å². The molecule has 0 aromatic rings. The van der Waals surface area contributed by atoms with Crippen LogP contribution in [0, 0.1) is 0 Å². The first-order chi connectivity index (χ1) is 4.83. The fourth-order valence-corrected chi connectivity index (χ4v) is 1.06. The molecule has 0 aliphatic carbocycles. The number of aliphatic hydroxyl groups is 1. The van der Waals surface area contributed by atoms with Gasteiger partial charge in [0.25, 0.3) is 0 Å². The maximum atomic E-state index is 8.89.